The number of sulfone groups is 1. The first-order chi connectivity index (χ1) is 8.08. The average Bonchev–Trinajstić information content (AvgIpc) is 2.33. The minimum absolute atomic E-state index is 0.0995. The van der Waals surface area contributed by atoms with Crippen molar-refractivity contribution < 1.29 is 8.42 Å². The highest BCUT2D eigenvalue weighted by Crippen LogP contribution is 2.26. The third-order valence-corrected chi connectivity index (χ3v) is 5.77. The number of hydrogen-bond donors (Lipinski definition) is 0. The van der Waals surface area contributed by atoms with Crippen LogP contribution < -0.4 is 0 Å². The van der Waals surface area contributed by atoms with Gasteiger partial charge in [-0.15, -0.1) is 0 Å². The van der Waals surface area contributed by atoms with Crippen LogP contribution >= 0.6 is 0 Å². The van der Waals surface area contributed by atoms with Crippen LogP contribution in [0.4, 0.5) is 0 Å². The van der Waals surface area contributed by atoms with Gasteiger partial charge in [0.1, 0.15) is 0 Å². The molecule has 0 radical (unpaired) electrons. The maximum atomic E-state index is 12.2. The van der Waals surface area contributed by atoms with Gasteiger partial charge in [0.2, 0.25) is 0 Å². The van der Waals surface area contributed by atoms with Crippen LogP contribution in [-0.4, -0.2) is 13.7 Å². The van der Waals surface area contributed by atoms with E-state index >= 15 is 0 Å². The first-order valence-corrected chi connectivity index (χ1v) is 8.06. The highest BCUT2D eigenvalue weighted by Gasteiger charge is 2.27. The lowest BCUT2D eigenvalue weighted by Crippen LogP contribution is -2.25. The molecule has 3 heteroatoms. The quantitative estimate of drug-likeness (QED) is 0.827. The summed E-state index contributed by atoms with van der Waals surface area (Å²) in [6.07, 6.45) is 5.04. The molecule has 1 aromatic rings. The molecule has 0 atom stereocenters. The fourth-order valence-electron chi connectivity index (χ4n) is 2.46. The minimum atomic E-state index is -2.95. The summed E-state index contributed by atoms with van der Waals surface area (Å²) in [6.45, 7) is 2.01. The van der Waals surface area contributed by atoms with E-state index < -0.39 is 9.84 Å². The molecular formula is C14H20O2S. The second-order valence-corrected chi connectivity index (χ2v) is 7.33. The van der Waals surface area contributed by atoms with Crippen molar-refractivity contribution in [2.45, 2.75) is 50.0 Å². The van der Waals surface area contributed by atoms with Crippen LogP contribution in [0.5, 0.6) is 0 Å². The minimum Gasteiger partial charge on any atom is -0.228 e. The molecule has 1 aliphatic carbocycles. The Labute approximate surface area is 104 Å². The second kappa shape index (κ2) is 5.21. The van der Waals surface area contributed by atoms with E-state index in [1.165, 1.54) is 12.0 Å². The van der Waals surface area contributed by atoms with Gasteiger partial charge in [0.05, 0.1) is 11.0 Å². The third-order valence-electron chi connectivity index (χ3n) is 3.55. The predicted molar refractivity (Wildman–Crippen MR) is 70.7 cm³/mol. The Morgan fingerprint density at radius 3 is 2.24 bits per heavy atom. The molecule has 0 aromatic heterocycles. The van der Waals surface area contributed by atoms with Crippen LogP contribution in [0.2, 0.25) is 0 Å². The Morgan fingerprint density at radius 2 is 1.65 bits per heavy atom. The van der Waals surface area contributed by atoms with Crippen molar-refractivity contribution >= 4 is 9.84 Å². The van der Waals surface area contributed by atoms with Gasteiger partial charge in [-0.2, -0.15) is 0 Å². The fraction of sp³-hybridized carbons (Fsp3) is 0.571. The van der Waals surface area contributed by atoms with Crippen LogP contribution in [0.15, 0.2) is 24.3 Å². The van der Waals surface area contributed by atoms with Crippen molar-refractivity contribution in [2.75, 3.05) is 0 Å². The van der Waals surface area contributed by atoms with E-state index in [-0.39, 0.29) is 11.0 Å². The monoisotopic (exact) mass is 252 g/mol. The van der Waals surface area contributed by atoms with Gasteiger partial charge in [0, 0.05) is 0 Å². The van der Waals surface area contributed by atoms with E-state index in [1.54, 1.807) is 0 Å². The molecule has 94 valence electrons. The SMILES string of the molecule is Cc1ccc(CS(=O)(=O)C2CCCCC2)cc1. The van der Waals surface area contributed by atoms with Crippen LogP contribution in [0.25, 0.3) is 0 Å². The maximum absolute atomic E-state index is 12.2. The Bertz CT molecular complexity index is 454. The van der Waals surface area contributed by atoms with Crippen molar-refractivity contribution in [1.29, 1.82) is 0 Å². The molecular weight excluding hydrogens is 232 g/mol. The van der Waals surface area contributed by atoms with Gasteiger partial charge >= 0.3 is 0 Å². The van der Waals surface area contributed by atoms with Gasteiger partial charge in [0.15, 0.2) is 9.84 Å². The summed E-state index contributed by atoms with van der Waals surface area (Å²) in [4.78, 5) is 0. The number of hydrogen-bond acceptors (Lipinski definition) is 2. The molecule has 0 unspecified atom stereocenters. The molecule has 0 aliphatic heterocycles. The molecule has 2 nitrogen and oxygen atoms in total. The first-order valence-electron chi connectivity index (χ1n) is 6.35. The lowest BCUT2D eigenvalue weighted by molar-refractivity contribution is 0.483. The number of rotatable bonds is 3. The Hall–Kier alpha value is -0.830. The van der Waals surface area contributed by atoms with Crippen LogP contribution in [-0.2, 0) is 15.6 Å². The summed E-state index contributed by atoms with van der Waals surface area (Å²) in [5.74, 6) is 0.206. The molecule has 0 spiro atoms. The largest absolute Gasteiger partial charge is 0.228 e. The van der Waals surface area contributed by atoms with Crippen LogP contribution in [0.3, 0.4) is 0 Å². The molecule has 1 fully saturated rings. The summed E-state index contributed by atoms with van der Waals surface area (Å²) in [5.41, 5.74) is 2.09. The van der Waals surface area contributed by atoms with Crippen molar-refractivity contribution in [3.63, 3.8) is 0 Å². The standard InChI is InChI=1S/C14H20O2S/c1-12-7-9-13(10-8-12)11-17(15,16)14-5-3-2-4-6-14/h7-10,14H,2-6,11H2,1H3. The van der Waals surface area contributed by atoms with Crippen molar-refractivity contribution in [2.24, 2.45) is 0 Å². The lowest BCUT2D eigenvalue weighted by atomic mass is 10.0. The summed E-state index contributed by atoms with van der Waals surface area (Å²) < 4.78 is 24.5. The van der Waals surface area contributed by atoms with Crippen molar-refractivity contribution in [1.82, 2.24) is 0 Å². The van der Waals surface area contributed by atoms with E-state index in [1.807, 2.05) is 31.2 Å². The molecule has 0 N–H and O–H groups in total. The van der Waals surface area contributed by atoms with Gasteiger partial charge in [-0.1, -0.05) is 49.1 Å². The third kappa shape index (κ3) is 3.32. The summed E-state index contributed by atoms with van der Waals surface area (Å²) in [5, 5.41) is -0.0995. The summed E-state index contributed by atoms with van der Waals surface area (Å²) >= 11 is 0. The molecule has 1 aromatic carbocycles. The Morgan fingerprint density at radius 1 is 1.06 bits per heavy atom. The maximum Gasteiger partial charge on any atom is 0.157 e. The van der Waals surface area contributed by atoms with E-state index in [9.17, 15) is 8.42 Å². The number of benzene rings is 1. The average molecular weight is 252 g/mol. The molecule has 2 rings (SSSR count). The normalized spacial score (nSPS) is 18.2. The highest BCUT2D eigenvalue weighted by molar-refractivity contribution is 7.91. The Balaban J connectivity index is 2.08. The number of aryl methyl sites for hydroxylation is 1. The lowest BCUT2D eigenvalue weighted by Gasteiger charge is -2.21. The molecule has 1 aliphatic rings. The molecule has 17 heavy (non-hydrogen) atoms. The topological polar surface area (TPSA) is 34.1 Å². The second-order valence-electron chi connectivity index (χ2n) is 5.05. The van der Waals surface area contributed by atoms with E-state index in [4.69, 9.17) is 0 Å². The predicted octanol–water partition coefficient (Wildman–Crippen LogP) is 3.24. The first kappa shape index (κ1) is 12.6. The smallest absolute Gasteiger partial charge is 0.157 e. The Kier molecular flexibility index (Phi) is 3.87. The van der Waals surface area contributed by atoms with Gasteiger partial charge in [-0.3, -0.25) is 0 Å². The molecule has 0 saturated heterocycles. The molecule has 0 bridgehead atoms. The van der Waals surface area contributed by atoms with Gasteiger partial charge in [-0.05, 0) is 25.3 Å². The van der Waals surface area contributed by atoms with E-state index in [0.717, 1.165) is 31.2 Å². The van der Waals surface area contributed by atoms with Gasteiger partial charge in [0.25, 0.3) is 0 Å². The fourth-order valence-corrected chi connectivity index (χ4v) is 4.40. The summed E-state index contributed by atoms with van der Waals surface area (Å²) in [6, 6.07) is 7.81. The van der Waals surface area contributed by atoms with Gasteiger partial charge in [-0.25, -0.2) is 8.42 Å². The van der Waals surface area contributed by atoms with Crippen LogP contribution in [0, 0.1) is 6.92 Å². The van der Waals surface area contributed by atoms with Crippen LogP contribution in [0.1, 0.15) is 43.2 Å². The molecule has 0 amide bonds. The van der Waals surface area contributed by atoms with E-state index in [2.05, 4.69) is 0 Å². The van der Waals surface area contributed by atoms with Crippen molar-refractivity contribution in [3.05, 3.63) is 35.4 Å². The summed E-state index contributed by atoms with van der Waals surface area (Å²) in [7, 11) is -2.95. The van der Waals surface area contributed by atoms with Gasteiger partial charge < -0.3 is 0 Å². The molecule has 0 heterocycles. The zero-order valence-corrected chi connectivity index (χ0v) is 11.2. The van der Waals surface area contributed by atoms with Crippen molar-refractivity contribution in [3.8, 4) is 0 Å². The molecule has 1 saturated carbocycles. The zero-order valence-electron chi connectivity index (χ0n) is 10.4. The zero-order chi connectivity index (χ0) is 12.3. The highest BCUT2D eigenvalue weighted by atomic mass is 32.2. The van der Waals surface area contributed by atoms with E-state index in [0.29, 0.717) is 0 Å².